The van der Waals surface area contributed by atoms with E-state index in [2.05, 4.69) is 34.9 Å². The number of nitrogens with two attached hydrogens (primary N) is 1. The molecule has 1 aromatic heterocycles. The highest BCUT2D eigenvalue weighted by molar-refractivity contribution is 7.99. The first-order chi connectivity index (χ1) is 9.33. The van der Waals surface area contributed by atoms with Gasteiger partial charge in [0, 0.05) is 22.0 Å². The van der Waals surface area contributed by atoms with Crippen LogP contribution >= 0.6 is 11.8 Å². The van der Waals surface area contributed by atoms with E-state index in [4.69, 9.17) is 5.73 Å². The van der Waals surface area contributed by atoms with Crippen molar-refractivity contribution in [2.24, 2.45) is 0 Å². The molecule has 100 valence electrons. The van der Waals surface area contributed by atoms with Crippen molar-refractivity contribution in [3.8, 4) is 0 Å². The fourth-order valence-electron chi connectivity index (χ4n) is 2.73. The molecule has 0 unspecified atom stereocenters. The highest BCUT2D eigenvalue weighted by Crippen LogP contribution is 2.32. The molecule has 19 heavy (non-hydrogen) atoms. The molecule has 0 amide bonds. The van der Waals surface area contributed by atoms with Crippen LogP contribution in [0.25, 0.3) is 10.9 Å². The summed E-state index contributed by atoms with van der Waals surface area (Å²) in [4.78, 5) is 4.50. The predicted molar refractivity (Wildman–Crippen MR) is 84.3 cm³/mol. The van der Waals surface area contributed by atoms with Crippen molar-refractivity contribution in [2.75, 3.05) is 5.73 Å². The molecule has 1 aromatic carbocycles. The lowest BCUT2D eigenvalue weighted by Gasteiger charge is -2.21. The van der Waals surface area contributed by atoms with Crippen LogP contribution in [0.15, 0.2) is 30.3 Å². The number of hydrogen-bond donors (Lipinski definition) is 1. The zero-order chi connectivity index (χ0) is 13.1. The van der Waals surface area contributed by atoms with Crippen LogP contribution in [0.5, 0.6) is 0 Å². The molecule has 1 aliphatic rings. The average Bonchev–Trinajstić information content (AvgIpc) is 2.46. The number of para-hydroxylation sites is 1. The van der Waals surface area contributed by atoms with Crippen molar-refractivity contribution in [3.63, 3.8) is 0 Å². The third kappa shape index (κ3) is 3.03. The SMILES string of the molecule is Nc1nc2ccccc2cc1CSC1CCCCC1. The Morgan fingerprint density at radius 1 is 1.16 bits per heavy atom. The van der Waals surface area contributed by atoms with E-state index in [1.54, 1.807) is 0 Å². The maximum atomic E-state index is 6.08. The molecular weight excluding hydrogens is 252 g/mol. The zero-order valence-corrected chi connectivity index (χ0v) is 12.0. The lowest BCUT2D eigenvalue weighted by molar-refractivity contribution is 0.516. The van der Waals surface area contributed by atoms with Gasteiger partial charge in [-0.2, -0.15) is 11.8 Å². The molecule has 0 bridgehead atoms. The number of fused-ring (bicyclic) bond motifs is 1. The van der Waals surface area contributed by atoms with Crippen LogP contribution in [0, 0.1) is 0 Å². The molecule has 0 atom stereocenters. The molecule has 2 aromatic rings. The van der Waals surface area contributed by atoms with Crippen LogP contribution in [-0.4, -0.2) is 10.2 Å². The molecule has 2 nitrogen and oxygen atoms in total. The molecular formula is C16H20N2S. The van der Waals surface area contributed by atoms with Gasteiger partial charge in [0.15, 0.2) is 0 Å². The van der Waals surface area contributed by atoms with Crippen LogP contribution in [0.2, 0.25) is 0 Å². The molecule has 1 fully saturated rings. The Hall–Kier alpha value is -1.22. The lowest BCUT2D eigenvalue weighted by Crippen LogP contribution is -2.08. The van der Waals surface area contributed by atoms with Gasteiger partial charge < -0.3 is 5.73 Å². The number of pyridine rings is 1. The monoisotopic (exact) mass is 272 g/mol. The topological polar surface area (TPSA) is 38.9 Å². The van der Waals surface area contributed by atoms with Gasteiger partial charge in [-0.05, 0) is 25.0 Å². The smallest absolute Gasteiger partial charge is 0.128 e. The summed E-state index contributed by atoms with van der Waals surface area (Å²) >= 11 is 2.05. The van der Waals surface area contributed by atoms with E-state index < -0.39 is 0 Å². The van der Waals surface area contributed by atoms with Gasteiger partial charge >= 0.3 is 0 Å². The van der Waals surface area contributed by atoms with E-state index in [0.717, 1.165) is 16.5 Å². The molecule has 0 aliphatic heterocycles. The summed E-state index contributed by atoms with van der Waals surface area (Å²) in [7, 11) is 0. The van der Waals surface area contributed by atoms with Crippen LogP contribution < -0.4 is 5.73 Å². The fraction of sp³-hybridized carbons (Fsp3) is 0.438. The van der Waals surface area contributed by atoms with Crippen molar-refractivity contribution >= 4 is 28.5 Å². The molecule has 3 heteroatoms. The Labute approximate surface area is 118 Å². The summed E-state index contributed by atoms with van der Waals surface area (Å²) < 4.78 is 0. The summed E-state index contributed by atoms with van der Waals surface area (Å²) in [5.41, 5.74) is 8.26. The second kappa shape index (κ2) is 5.83. The van der Waals surface area contributed by atoms with Crippen molar-refractivity contribution in [2.45, 2.75) is 43.1 Å². The minimum Gasteiger partial charge on any atom is -0.383 e. The van der Waals surface area contributed by atoms with Crippen molar-refractivity contribution in [1.82, 2.24) is 4.98 Å². The van der Waals surface area contributed by atoms with Gasteiger partial charge in [0.05, 0.1) is 5.52 Å². The largest absolute Gasteiger partial charge is 0.383 e. The Morgan fingerprint density at radius 3 is 2.79 bits per heavy atom. The number of rotatable bonds is 3. The summed E-state index contributed by atoms with van der Waals surface area (Å²) in [6.45, 7) is 0. The third-order valence-corrected chi connectivity index (χ3v) is 5.28. The van der Waals surface area contributed by atoms with Crippen molar-refractivity contribution < 1.29 is 0 Å². The number of nitrogen functional groups attached to an aromatic ring is 1. The average molecular weight is 272 g/mol. The lowest BCUT2D eigenvalue weighted by atomic mass is 10.0. The van der Waals surface area contributed by atoms with Gasteiger partial charge in [0.2, 0.25) is 0 Å². The zero-order valence-electron chi connectivity index (χ0n) is 11.1. The molecule has 3 rings (SSSR count). The molecule has 2 N–H and O–H groups in total. The van der Waals surface area contributed by atoms with E-state index in [0.29, 0.717) is 5.82 Å². The number of anilines is 1. The molecule has 1 aliphatic carbocycles. The second-order valence-electron chi connectivity index (χ2n) is 5.30. The van der Waals surface area contributed by atoms with E-state index in [1.165, 1.54) is 43.1 Å². The van der Waals surface area contributed by atoms with E-state index >= 15 is 0 Å². The van der Waals surface area contributed by atoms with Crippen LogP contribution in [-0.2, 0) is 5.75 Å². The molecule has 0 radical (unpaired) electrons. The first-order valence-corrected chi connectivity index (χ1v) is 8.13. The molecule has 0 saturated heterocycles. The maximum Gasteiger partial charge on any atom is 0.128 e. The third-order valence-electron chi connectivity index (χ3n) is 3.86. The van der Waals surface area contributed by atoms with Gasteiger partial charge in [0.1, 0.15) is 5.82 Å². The number of aromatic nitrogens is 1. The summed E-state index contributed by atoms with van der Waals surface area (Å²) in [5.74, 6) is 1.69. The minimum absolute atomic E-state index is 0.696. The van der Waals surface area contributed by atoms with Crippen molar-refractivity contribution in [1.29, 1.82) is 0 Å². The Balaban J connectivity index is 1.74. The Kier molecular flexibility index (Phi) is 3.92. The van der Waals surface area contributed by atoms with Gasteiger partial charge in [-0.1, -0.05) is 37.5 Å². The number of benzene rings is 1. The first-order valence-electron chi connectivity index (χ1n) is 7.09. The van der Waals surface area contributed by atoms with Crippen LogP contribution in [0.1, 0.15) is 37.7 Å². The highest BCUT2D eigenvalue weighted by Gasteiger charge is 2.14. The van der Waals surface area contributed by atoms with E-state index in [-0.39, 0.29) is 0 Å². The van der Waals surface area contributed by atoms with Gasteiger partial charge in [-0.3, -0.25) is 0 Å². The standard InChI is InChI=1S/C16H20N2S/c17-16-13(11-19-14-7-2-1-3-8-14)10-12-6-4-5-9-15(12)18-16/h4-6,9-10,14H,1-3,7-8,11H2,(H2,17,18). The number of thioether (sulfide) groups is 1. The molecule has 0 spiro atoms. The summed E-state index contributed by atoms with van der Waals surface area (Å²) in [5, 5.41) is 2.01. The Morgan fingerprint density at radius 2 is 1.95 bits per heavy atom. The first kappa shape index (κ1) is 12.8. The number of nitrogens with zero attached hydrogens (tertiary/aromatic N) is 1. The van der Waals surface area contributed by atoms with E-state index in [9.17, 15) is 0 Å². The fourth-order valence-corrected chi connectivity index (χ4v) is 4.04. The highest BCUT2D eigenvalue weighted by atomic mass is 32.2. The number of hydrogen-bond acceptors (Lipinski definition) is 3. The van der Waals surface area contributed by atoms with Crippen LogP contribution in [0.3, 0.4) is 0 Å². The van der Waals surface area contributed by atoms with E-state index in [1.807, 2.05) is 12.1 Å². The summed E-state index contributed by atoms with van der Waals surface area (Å²) in [6, 6.07) is 10.4. The molecule has 1 saturated carbocycles. The second-order valence-corrected chi connectivity index (χ2v) is 6.59. The predicted octanol–water partition coefficient (Wildman–Crippen LogP) is 4.38. The maximum absolute atomic E-state index is 6.08. The van der Waals surface area contributed by atoms with Crippen molar-refractivity contribution in [3.05, 3.63) is 35.9 Å². The quantitative estimate of drug-likeness (QED) is 0.901. The summed E-state index contributed by atoms with van der Waals surface area (Å²) in [6.07, 6.45) is 6.93. The normalized spacial score (nSPS) is 16.8. The van der Waals surface area contributed by atoms with Gasteiger partial charge in [-0.15, -0.1) is 0 Å². The molecule has 1 heterocycles. The Bertz CT molecular complexity index is 562. The van der Waals surface area contributed by atoms with Gasteiger partial charge in [0.25, 0.3) is 0 Å². The van der Waals surface area contributed by atoms with Crippen LogP contribution in [0.4, 0.5) is 5.82 Å². The van der Waals surface area contributed by atoms with Gasteiger partial charge in [-0.25, -0.2) is 4.98 Å². The minimum atomic E-state index is 0.696.